The third-order valence-electron chi connectivity index (χ3n) is 5.94. The van der Waals surface area contributed by atoms with Crippen LogP contribution in [-0.4, -0.2) is 23.1 Å². The van der Waals surface area contributed by atoms with Crippen LogP contribution in [0.2, 0.25) is 10.0 Å². The number of halogens is 2. The van der Waals surface area contributed by atoms with Crippen molar-refractivity contribution < 1.29 is 9.53 Å². The summed E-state index contributed by atoms with van der Waals surface area (Å²) in [6.45, 7) is 1.97. The molecule has 1 N–H and O–H groups in total. The quantitative estimate of drug-likeness (QED) is 0.844. The molecule has 2 aromatic rings. The van der Waals surface area contributed by atoms with Gasteiger partial charge in [-0.05, 0) is 61.1 Å². The summed E-state index contributed by atoms with van der Waals surface area (Å²) in [5, 5.41) is 3.91. The zero-order valence-electron chi connectivity index (χ0n) is 14.2. The summed E-state index contributed by atoms with van der Waals surface area (Å²) in [6, 6.07) is 9.23. The van der Waals surface area contributed by atoms with Crippen LogP contribution in [0.1, 0.15) is 23.6 Å². The molecule has 0 spiro atoms. The van der Waals surface area contributed by atoms with E-state index in [4.69, 9.17) is 27.9 Å². The monoisotopic (exact) mass is 388 g/mol. The highest BCUT2D eigenvalue weighted by Gasteiger charge is 2.68. The van der Waals surface area contributed by atoms with Crippen LogP contribution in [0.4, 0.5) is 5.69 Å². The molecule has 2 saturated heterocycles. The number of amides is 1. The molecule has 134 valence electrons. The molecule has 2 bridgehead atoms. The predicted molar refractivity (Wildman–Crippen MR) is 101 cm³/mol. The van der Waals surface area contributed by atoms with Crippen LogP contribution >= 0.6 is 23.2 Å². The van der Waals surface area contributed by atoms with E-state index in [0.717, 1.165) is 11.3 Å². The topological polar surface area (TPSA) is 51.2 Å². The summed E-state index contributed by atoms with van der Waals surface area (Å²) in [5.41, 5.74) is 2.76. The minimum atomic E-state index is -0.194. The van der Waals surface area contributed by atoms with Gasteiger partial charge in [0.05, 0.1) is 28.2 Å². The third kappa shape index (κ3) is 2.55. The van der Waals surface area contributed by atoms with Gasteiger partial charge < -0.3 is 10.1 Å². The minimum Gasteiger partial charge on any atom is -0.373 e. The summed E-state index contributed by atoms with van der Waals surface area (Å²) >= 11 is 12.0. The highest BCUT2D eigenvalue weighted by molar-refractivity contribution is 6.42. The lowest BCUT2D eigenvalue weighted by Crippen LogP contribution is -2.37. The molecule has 6 atom stereocenters. The third-order valence-corrected chi connectivity index (χ3v) is 6.68. The van der Waals surface area contributed by atoms with E-state index in [-0.39, 0.29) is 30.0 Å². The Morgan fingerprint density at radius 1 is 1.15 bits per heavy atom. The first kappa shape index (κ1) is 16.5. The normalized spacial score (nSPS) is 33.8. The number of aromatic nitrogens is 1. The van der Waals surface area contributed by atoms with E-state index in [0.29, 0.717) is 27.6 Å². The molecule has 3 fully saturated rings. The molecule has 1 aromatic carbocycles. The molecule has 3 aliphatic rings. The Morgan fingerprint density at radius 2 is 1.96 bits per heavy atom. The van der Waals surface area contributed by atoms with Gasteiger partial charge in [0.15, 0.2) is 0 Å². The first-order valence-electron chi connectivity index (χ1n) is 8.87. The number of hydrogen-bond acceptors (Lipinski definition) is 3. The number of nitrogens with zero attached hydrogens (tertiary/aromatic N) is 1. The van der Waals surface area contributed by atoms with Crippen LogP contribution in [-0.2, 0) is 9.53 Å². The van der Waals surface area contributed by atoms with Crippen molar-refractivity contribution in [3.05, 3.63) is 57.8 Å². The molecule has 26 heavy (non-hydrogen) atoms. The van der Waals surface area contributed by atoms with Crippen molar-refractivity contribution in [1.82, 2.24) is 4.98 Å². The van der Waals surface area contributed by atoms with Crippen LogP contribution in [0, 0.1) is 24.7 Å². The number of nitrogens with one attached hydrogen (secondary N) is 1. The number of carbonyl (C=O) groups excluding carboxylic acids is 1. The molecular formula is C20H18Cl2N2O2. The molecule has 2 aliphatic heterocycles. The maximum absolute atomic E-state index is 13.2. The van der Waals surface area contributed by atoms with Crippen molar-refractivity contribution in [2.24, 2.45) is 17.8 Å². The molecule has 6 heteroatoms. The minimum absolute atomic E-state index is 0.00578. The van der Waals surface area contributed by atoms with Gasteiger partial charge in [-0.15, -0.1) is 0 Å². The Bertz CT molecular complexity index is 903. The van der Waals surface area contributed by atoms with Crippen molar-refractivity contribution in [2.45, 2.75) is 31.5 Å². The molecule has 4 nitrogen and oxygen atoms in total. The molecule has 1 aliphatic carbocycles. The average Bonchev–Trinajstić information content (AvgIpc) is 3.22. The van der Waals surface area contributed by atoms with E-state index in [1.807, 2.05) is 19.2 Å². The van der Waals surface area contributed by atoms with Crippen molar-refractivity contribution in [3.63, 3.8) is 0 Å². The highest BCUT2D eigenvalue weighted by atomic mass is 35.5. The van der Waals surface area contributed by atoms with Gasteiger partial charge in [-0.25, -0.2) is 0 Å². The van der Waals surface area contributed by atoms with E-state index in [2.05, 4.69) is 16.4 Å². The Kier molecular flexibility index (Phi) is 3.78. The fourth-order valence-corrected chi connectivity index (χ4v) is 5.07. The molecule has 3 heterocycles. The molecule has 5 rings (SSSR count). The second kappa shape index (κ2) is 5.95. The maximum atomic E-state index is 13.2. The van der Waals surface area contributed by atoms with Gasteiger partial charge in [-0.1, -0.05) is 23.2 Å². The van der Waals surface area contributed by atoms with Crippen LogP contribution in [0.15, 0.2) is 36.5 Å². The Hall–Kier alpha value is -1.62. The van der Waals surface area contributed by atoms with Crippen molar-refractivity contribution in [1.29, 1.82) is 0 Å². The lowest BCUT2D eigenvalue weighted by atomic mass is 9.75. The maximum Gasteiger partial charge on any atom is 0.230 e. The van der Waals surface area contributed by atoms with Gasteiger partial charge in [0.1, 0.15) is 0 Å². The van der Waals surface area contributed by atoms with Gasteiger partial charge in [0, 0.05) is 23.5 Å². The number of ether oxygens (including phenoxy) is 1. The van der Waals surface area contributed by atoms with Gasteiger partial charge in [0.25, 0.3) is 0 Å². The number of rotatable bonds is 3. The summed E-state index contributed by atoms with van der Waals surface area (Å²) < 4.78 is 6.23. The second-order valence-corrected chi connectivity index (χ2v) is 8.34. The van der Waals surface area contributed by atoms with Gasteiger partial charge in [-0.3, -0.25) is 9.78 Å². The molecule has 1 saturated carbocycles. The summed E-state index contributed by atoms with van der Waals surface area (Å²) in [4.78, 5) is 17.4. The number of anilines is 1. The SMILES string of the molecule is Cc1cc([C@H]2[C@H]3O[C@@H]([C@@H]4C[C@@H]43)[C@H]2C(=O)Nc2ccc(Cl)c(Cl)c2)ccn1. The Balaban J connectivity index is 1.45. The standard InChI is InChI=1S/C20H18Cl2N2O2/c1-9-6-10(4-5-23-9)16-17(19-13-8-12(13)18(16)26-19)20(25)24-11-2-3-14(21)15(22)7-11/h2-7,12-13,16-19H,8H2,1H3,(H,24,25)/t12-,13+,16+,17-,18-,19-/m0/s1. The Morgan fingerprint density at radius 3 is 2.73 bits per heavy atom. The summed E-state index contributed by atoms with van der Waals surface area (Å²) in [5.74, 6) is 1.00. The second-order valence-electron chi connectivity index (χ2n) is 7.53. The molecular weight excluding hydrogens is 371 g/mol. The van der Waals surface area contributed by atoms with E-state index in [1.54, 1.807) is 18.2 Å². The fraction of sp³-hybridized carbons (Fsp3) is 0.400. The van der Waals surface area contributed by atoms with Crippen LogP contribution in [0.25, 0.3) is 0 Å². The van der Waals surface area contributed by atoms with Crippen LogP contribution in [0.3, 0.4) is 0 Å². The van der Waals surface area contributed by atoms with E-state index >= 15 is 0 Å². The van der Waals surface area contributed by atoms with Crippen molar-refractivity contribution in [2.75, 3.05) is 5.32 Å². The van der Waals surface area contributed by atoms with Crippen molar-refractivity contribution in [3.8, 4) is 0 Å². The molecule has 0 unspecified atom stereocenters. The number of hydrogen-bond donors (Lipinski definition) is 1. The van der Waals surface area contributed by atoms with Crippen LogP contribution in [0.5, 0.6) is 0 Å². The first-order chi connectivity index (χ1) is 12.5. The molecule has 1 aromatic heterocycles. The van der Waals surface area contributed by atoms with Gasteiger partial charge >= 0.3 is 0 Å². The van der Waals surface area contributed by atoms with Gasteiger partial charge in [-0.2, -0.15) is 0 Å². The smallest absolute Gasteiger partial charge is 0.230 e. The Labute approximate surface area is 161 Å². The summed E-state index contributed by atoms with van der Waals surface area (Å²) in [7, 11) is 0. The zero-order chi connectivity index (χ0) is 18.0. The van der Waals surface area contributed by atoms with Crippen LogP contribution < -0.4 is 5.32 Å². The van der Waals surface area contributed by atoms with E-state index in [1.165, 1.54) is 6.42 Å². The molecule has 0 radical (unpaired) electrons. The number of fused-ring (bicyclic) bond motifs is 5. The number of carbonyl (C=O) groups is 1. The largest absolute Gasteiger partial charge is 0.373 e. The van der Waals surface area contributed by atoms with E-state index in [9.17, 15) is 4.79 Å². The number of aryl methyl sites for hydroxylation is 1. The van der Waals surface area contributed by atoms with Gasteiger partial charge in [0.2, 0.25) is 5.91 Å². The highest BCUT2D eigenvalue weighted by Crippen LogP contribution is 2.65. The van der Waals surface area contributed by atoms with E-state index < -0.39 is 0 Å². The lowest BCUT2D eigenvalue weighted by molar-refractivity contribution is -0.122. The number of pyridine rings is 1. The molecule has 1 amide bonds. The fourth-order valence-electron chi connectivity index (χ4n) is 4.77. The predicted octanol–water partition coefficient (Wildman–Crippen LogP) is 4.45. The summed E-state index contributed by atoms with van der Waals surface area (Å²) in [6.07, 6.45) is 3.13. The zero-order valence-corrected chi connectivity index (χ0v) is 15.7. The number of benzene rings is 1. The average molecular weight is 389 g/mol. The van der Waals surface area contributed by atoms with Crippen molar-refractivity contribution >= 4 is 34.8 Å². The lowest BCUT2D eigenvalue weighted by Gasteiger charge is -2.27. The first-order valence-corrected chi connectivity index (χ1v) is 9.62.